The van der Waals surface area contributed by atoms with Crippen molar-refractivity contribution >= 4 is 35.2 Å². The van der Waals surface area contributed by atoms with Crippen molar-refractivity contribution in [2.45, 2.75) is 25.7 Å². The molecule has 8 heteroatoms. The second-order valence-corrected chi connectivity index (χ2v) is 8.08. The topological polar surface area (TPSA) is 88.3 Å². The maximum absolute atomic E-state index is 12.5. The van der Waals surface area contributed by atoms with E-state index in [0.29, 0.717) is 35.5 Å². The van der Waals surface area contributed by atoms with Crippen LogP contribution in [0.2, 0.25) is 5.02 Å². The van der Waals surface area contributed by atoms with Crippen LogP contribution in [0.3, 0.4) is 0 Å². The number of nitrogens with zero attached hydrogens (tertiary/aromatic N) is 3. The van der Waals surface area contributed by atoms with Crippen LogP contribution in [0.15, 0.2) is 59.1 Å². The largest absolute Gasteiger partial charge is 0.339 e. The fourth-order valence-electron chi connectivity index (χ4n) is 3.65. The molecule has 0 radical (unpaired) electrons. The summed E-state index contributed by atoms with van der Waals surface area (Å²) in [4.78, 5) is 30.0. The maximum atomic E-state index is 12.5. The highest BCUT2D eigenvalue weighted by Crippen LogP contribution is 2.29. The van der Waals surface area contributed by atoms with Gasteiger partial charge in [0.25, 0.3) is 0 Å². The van der Waals surface area contributed by atoms with Crippen LogP contribution in [0.5, 0.6) is 0 Å². The Bertz CT molecular complexity index is 1130. The number of anilines is 1. The third kappa shape index (κ3) is 5.23. The number of halogens is 1. The summed E-state index contributed by atoms with van der Waals surface area (Å²) in [5.41, 5.74) is 2.35. The average Bonchev–Trinajstić information content (AvgIpc) is 3.29. The van der Waals surface area contributed by atoms with Crippen molar-refractivity contribution in [3.63, 3.8) is 0 Å². The highest BCUT2D eigenvalue weighted by molar-refractivity contribution is 6.32. The summed E-state index contributed by atoms with van der Waals surface area (Å²) in [5.74, 6) is 1.06. The summed E-state index contributed by atoms with van der Waals surface area (Å²) >= 11 is 6.14. The first-order valence-electron chi connectivity index (χ1n) is 10.4. The summed E-state index contributed by atoms with van der Waals surface area (Å²) in [6.45, 7) is 2.71. The lowest BCUT2D eigenvalue weighted by molar-refractivity contribution is -0.127. The number of benzene rings is 2. The molecule has 2 amide bonds. The highest BCUT2D eigenvalue weighted by atomic mass is 35.5. The van der Waals surface area contributed by atoms with Gasteiger partial charge < -0.3 is 14.7 Å². The first-order chi connectivity index (χ1) is 15.5. The zero-order valence-electron chi connectivity index (χ0n) is 17.6. The van der Waals surface area contributed by atoms with Gasteiger partial charge in [0.2, 0.25) is 23.5 Å². The molecular weight excluding hydrogens is 428 g/mol. The zero-order valence-corrected chi connectivity index (χ0v) is 18.4. The van der Waals surface area contributed by atoms with Crippen molar-refractivity contribution in [1.29, 1.82) is 0 Å². The van der Waals surface area contributed by atoms with E-state index in [1.54, 1.807) is 30.4 Å². The molecule has 2 heterocycles. The quantitative estimate of drug-likeness (QED) is 0.566. The normalized spacial score (nSPS) is 14.6. The van der Waals surface area contributed by atoms with Crippen molar-refractivity contribution in [2.75, 3.05) is 18.4 Å². The number of hydrogen-bond donors (Lipinski definition) is 1. The smallest absolute Gasteiger partial charge is 0.246 e. The van der Waals surface area contributed by atoms with Crippen molar-refractivity contribution in [2.24, 2.45) is 0 Å². The van der Waals surface area contributed by atoms with Crippen molar-refractivity contribution in [3.8, 4) is 11.4 Å². The summed E-state index contributed by atoms with van der Waals surface area (Å²) < 4.78 is 5.50. The lowest BCUT2D eigenvalue weighted by Gasteiger charge is -2.29. The monoisotopic (exact) mass is 450 g/mol. The van der Waals surface area contributed by atoms with Gasteiger partial charge in [0.1, 0.15) is 0 Å². The third-order valence-electron chi connectivity index (χ3n) is 5.37. The van der Waals surface area contributed by atoms with Gasteiger partial charge in [-0.3, -0.25) is 9.59 Å². The summed E-state index contributed by atoms with van der Waals surface area (Å²) in [6, 6.07) is 14.7. The number of likely N-dealkylation sites (tertiary alicyclic amines) is 1. The van der Waals surface area contributed by atoms with Gasteiger partial charge in [-0.15, -0.1) is 0 Å². The summed E-state index contributed by atoms with van der Waals surface area (Å²) in [6.07, 6.45) is 4.83. The predicted molar refractivity (Wildman–Crippen MR) is 123 cm³/mol. The zero-order chi connectivity index (χ0) is 22.5. The van der Waals surface area contributed by atoms with Crippen LogP contribution in [0.25, 0.3) is 17.5 Å². The van der Waals surface area contributed by atoms with Crippen LogP contribution in [-0.2, 0) is 9.59 Å². The van der Waals surface area contributed by atoms with Gasteiger partial charge in [-0.25, -0.2) is 0 Å². The van der Waals surface area contributed by atoms with Crippen LogP contribution < -0.4 is 5.32 Å². The highest BCUT2D eigenvalue weighted by Gasteiger charge is 2.27. The maximum Gasteiger partial charge on any atom is 0.246 e. The van der Waals surface area contributed by atoms with E-state index in [4.69, 9.17) is 16.1 Å². The Hall–Kier alpha value is -3.45. The second-order valence-electron chi connectivity index (χ2n) is 7.67. The fourth-order valence-corrected chi connectivity index (χ4v) is 3.85. The molecule has 4 rings (SSSR count). The van der Waals surface area contributed by atoms with E-state index >= 15 is 0 Å². The lowest BCUT2D eigenvalue weighted by atomic mass is 9.96. The van der Waals surface area contributed by atoms with Gasteiger partial charge in [0.05, 0.1) is 0 Å². The van der Waals surface area contributed by atoms with Crippen LogP contribution in [0.4, 0.5) is 5.69 Å². The second kappa shape index (κ2) is 9.78. The molecule has 1 aliphatic heterocycles. The minimum absolute atomic E-state index is 0.0335. The number of amides is 2. The molecule has 1 N–H and O–H groups in total. The van der Waals surface area contributed by atoms with Gasteiger partial charge in [-0.2, -0.15) is 4.98 Å². The molecule has 1 fully saturated rings. The molecule has 0 saturated carbocycles. The SMILES string of the molecule is CC(=O)Nc1ccc(-c2noc(C3CCN(C(=O)/C=C/c4ccccc4Cl)CC3)n2)cc1. The third-order valence-corrected chi connectivity index (χ3v) is 5.72. The molecule has 0 atom stereocenters. The van der Waals surface area contributed by atoms with Crippen molar-refractivity contribution < 1.29 is 14.1 Å². The van der Waals surface area contributed by atoms with Crippen molar-refractivity contribution in [3.05, 3.63) is 71.1 Å². The molecule has 164 valence electrons. The summed E-state index contributed by atoms with van der Waals surface area (Å²) in [7, 11) is 0. The van der Waals surface area contributed by atoms with Gasteiger partial charge in [0.15, 0.2) is 0 Å². The molecule has 1 saturated heterocycles. The molecule has 0 spiro atoms. The molecule has 0 aliphatic carbocycles. The van der Waals surface area contributed by atoms with Crippen LogP contribution in [0, 0.1) is 0 Å². The Morgan fingerprint density at radius 3 is 2.53 bits per heavy atom. The van der Waals surface area contributed by atoms with Crippen LogP contribution in [0.1, 0.15) is 37.1 Å². The van der Waals surface area contributed by atoms with E-state index < -0.39 is 0 Å². The average molecular weight is 451 g/mol. The van der Waals surface area contributed by atoms with E-state index in [0.717, 1.165) is 24.0 Å². The Balaban J connectivity index is 1.34. The first-order valence-corrected chi connectivity index (χ1v) is 10.8. The molecule has 0 unspecified atom stereocenters. The Kier molecular flexibility index (Phi) is 6.66. The molecule has 1 aromatic heterocycles. The van der Waals surface area contributed by atoms with E-state index in [9.17, 15) is 9.59 Å². The molecule has 3 aromatic rings. The number of nitrogens with one attached hydrogen (secondary N) is 1. The minimum Gasteiger partial charge on any atom is -0.339 e. The number of piperidine rings is 1. The van der Waals surface area contributed by atoms with Gasteiger partial charge in [0, 0.05) is 48.3 Å². The number of aromatic nitrogens is 2. The van der Waals surface area contributed by atoms with E-state index in [1.165, 1.54) is 6.92 Å². The standard InChI is InChI=1S/C24H23ClN4O3/c1-16(30)26-20-9-6-18(7-10-20)23-27-24(32-28-23)19-12-14-29(15-13-19)22(31)11-8-17-4-2-3-5-21(17)25/h2-11,19H,12-15H2,1H3,(H,26,30)/b11-8+. The van der Waals surface area contributed by atoms with Crippen molar-refractivity contribution in [1.82, 2.24) is 15.0 Å². The van der Waals surface area contributed by atoms with E-state index in [1.807, 2.05) is 35.2 Å². The predicted octanol–water partition coefficient (Wildman–Crippen LogP) is 4.77. The van der Waals surface area contributed by atoms with E-state index in [2.05, 4.69) is 15.5 Å². The molecular formula is C24H23ClN4O3. The fraction of sp³-hybridized carbons (Fsp3) is 0.250. The number of rotatable bonds is 5. The van der Waals surface area contributed by atoms with Gasteiger partial charge >= 0.3 is 0 Å². The summed E-state index contributed by atoms with van der Waals surface area (Å²) in [5, 5.41) is 7.45. The Morgan fingerprint density at radius 1 is 1.12 bits per heavy atom. The van der Waals surface area contributed by atoms with E-state index in [-0.39, 0.29) is 17.7 Å². The minimum atomic E-state index is -0.122. The van der Waals surface area contributed by atoms with Crippen LogP contribution >= 0.6 is 11.6 Å². The Morgan fingerprint density at radius 2 is 1.84 bits per heavy atom. The number of carbonyl (C=O) groups is 2. The molecule has 1 aliphatic rings. The molecule has 2 aromatic carbocycles. The number of hydrogen-bond acceptors (Lipinski definition) is 5. The molecule has 7 nitrogen and oxygen atoms in total. The van der Waals surface area contributed by atoms with Gasteiger partial charge in [-0.05, 0) is 54.8 Å². The lowest BCUT2D eigenvalue weighted by Crippen LogP contribution is -2.36. The molecule has 0 bridgehead atoms. The molecule has 32 heavy (non-hydrogen) atoms. The number of carbonyl (C=O) groups excluding carboxylic acids is 2. The van der Waals surface area contributed by atoms with Crippen LogP contribution in [-0.4, -0.2) is 39.9 Å². The Labute approximate surface area is 191 Å². The first kappa shape index (κ1) is 21.8. The van der Waals surface area contributed by atoms with Gasteiger partial charge in [-0.1, -0.05) is 35.0 Å².